The average molecular weight is 460 g/mol. The number of benzene rings is 3. The van der Waals surface area contributed by atoms with E-state index < -0.39 is 0 Å². The molecule has 0 aliphatic heterocycles. The molecule has 0 radical (unpaired) electrons. The molecule has 30 heavy (non-hydrogen) atoms. The molecule has 156 valence electrons. The highest BCUT2D eigenvalue weighted by atomic mass is 35.5. The Hall–Kier alpha value is -1.80. The summed E-state index contributed by atoms with van der Waals surface area (Å²) in [5, 5.41) is 2.01. The maximum Gasteiger partial charge on any atom is 0.168 e. The quantitative estimate of drug-likeness (QED) is 0.312. The Morgan fingerprint density at radius 3 is 1.90 bits per heavy atom. The van der Waals surface area contributed by atoms with Gasteiger partial charge in [0.15, 0.2) is 5.78 Å². The van der Waals surface area contributed by atoms with Gasteiger partial charge in [-0.3, -0.25) is 4.79 Å². The summed E-state index contributed by atoms with van der Waals surface area (Å²) in [5.74, 6) is -0.00266. The number of halogens is 3. The van der Waals surface area contributed by atoms with E-state index in [1.54, 1.807) is 0 Å². The van der Waals surface area contributed by atoms with Crippen LogP contribution in [0.2, 0.25) is 15.1 Å². The van der Waals surface area contributed by atoms with Gasteiger partial charge in [0.2, 0.25) is 0 Å². The summed E-state index contributed by atoms with van der Waals surface area (Å²) in [5.41, 5.74) is 5.99. The van der Waals surface area contributed by atoms with Crippen LogP contribution in [0.3, 0.4) is 0 Å². The predicted octanol–water partition coefficient (Wildman–Crippen LogP) is 7.98. The van der Waals surface area contributed by atoms with Gasteiger partial charge in [-0.1, -0.05) is 79.0 Å². The van der Waals surface area contributed by atoms with Gasteiger partial charge >= 0.3 is 0 Å². The van der Waals surface area contributed by atoms with Crippen LogP contribution in [0.1, 0.15) is 52.0 Å². The van der Waals surface area contributed by atoms with Gasteiger partial charge in [-0.2, -0.15) is 0 Å². The molecule has 0 unspecified atom stereocenters. The molecule has 0 spiro atoms. The number of ketones is 1. The van der Waals surface area contributed by atoms with Crippen LogP contribution in [0.15, 0.2) is 54.6 Å². The molecule has 0 heterocycles. The molecule has 0 amide bonds. The lowest BCUT2D eigenvalue weighted by atomic mass is 9.98. The van der Waals surface area contributed by atoms with E-state index in [0.29, 0.717) is 15.6 Å². The van der Waals surface area contributed by atoms with Crippen molar-refractivity contribution in [3.63, 3.8) is 0 Å². The Labute approximate surface area is 194 Å². The Morgan fingerprint density at radius 2 is 1.27 bits per heavy atom. The van der Waals surface area contributed by atoms with Crippen molar-refractivity contribution in [3.05, 3.63) is 103 Å². The highest BCUT2D eigenvalue weighted by Crippen LogP contribution is 2.25. The zero-order chi connectivity index (χ0) is 21.7. The van der Waals surface area contributed by atoms with Crippen LogP contribution in [-0.2, 0) is 32.1 Å². The first kappa shape index (κ1) is 22.9. The predicted molar refractivity (Wildman–Crippen MR) is 129 cm³/mol. The van der Waals surface area contributed by atoms with E-state index >= 15 is 0 Å². The molecule has 4 heteroatoms. The van der Waals surface area contributed by atoms with Crippen LogP contribution in [0, 0.1) is 0 Å². The number of Topliss-reactive ketones (excluding diaryl/α,β-unsaturated/α-hetero) is 1. The Morgan fingerprint density at radius 1 is 0.667 bits per heavy atom. The molecule has 0 aliphatic rings. The standard InChI is InChI=1S/C26H25Cl3O/c1-3-17-8-12-22(25(29)13-17)26(30)16-19-7-11-21(24(28)15-19)10-6-18-5-9-20(4-2)23(27)14-18/h5,7-9,11-15H,3-4,6,10,16H2,1-2H3. The van der Waals surface area contributed by atoms with Gasteiger partial charge in [-0.15, -0.1) is 0 Å². The zero-order valence-electron chi connectivity index (χ0n) is 17.3. The van der Waals surface area contributed by atoms with Gasteiger partial charge in [-0.25, -0.2) is 0 Å². The second-order valence-corrected chi connectivity index (χ2v) is 8.69. The summed E-state index contributed by atoms with van der Waals surface area (Å²) in [6.45, 7) is 4.16. The summed E-state index contributed by atoms with van der Waals surface area (Å²) in [6.07, 6.45) is 3.78. The van der Waals surface area contributed by atoms with Crippen LogP contribution in [0.5, 0.6) is 0 Å². The number of carbonyl (C=O) groups excluding carboxylic acids is 1. The summed E-state index contributed by atoms with van der Waals surface area (Å²) in [7, 11) is 0. The smallest absolute Gasteiger partial charge is 0.168 e. The Kier molecular flexibility index (Phi) is 7.99. The largest absolute Gasteiger partial charge is 0.294 e. The van der Waals surface area contributed by atoms with Crippen molar-refractivity contribution in [2.24, 2.45) is 0 Å². The fraction of sp³-hybridized carbons (Fsp3) is 0.269. The molecule has 0 saturated heterocycles. The lowest BCUT2D eigenvalue weighted by Crippen LogP contribution is -2.05. The van der Waals surface area contributed by atoms with E-state index in [-0.39, 0.29) is 12.2 Å². The molecule has 1 nitrogen and oxygen atoms in total. The normalized spacial score (nSPS) is 11.0. The maximum absolute atomic E-state index is 12.7. The molecular weight excluding hydrogens is 435 g/mol. The third kappa shape index (κ3) is 5.66. The molecule has 0 aliphatic carbocycles. The van der Waals surface area contributed by atoms with E-state index in [1.807, 2.05) is 42.5 Å². The summed E-state index contributed by atoms with van der Waals surface area (Å²) in [6, 6.07) is 17.7. The fourth-order valence-corrected chi connectivity index (χ4v) is 4.44. The SMILES string of the molecule is CCc1ccc(C(=O)Cc2ccc(CCc3ccc(CC)c(Cl)c3)c(Cl)c2)c(Cl)c1. The third-order valence-corrected chi connectivity index (χ3v) is 6.42. The van der Waals surface area contributed by atoms with Crippen molar-refractivity contribution in [1.29, 1.82) is 0 Å². The molecule has 3 rings (SSSR count). The first-order valence-corrected chi connectivity index (χ1v) is 11.4. The molecule has 3 aromatic rings. The zero-order valence-corrected chi connectivity index (χ0v) is 19.5. The highest BCUT2D eigenvalue weighted by Gasteiger charge is 2.13. The van der Waals surface area contributed by atoms with Gasteiger partial charge in [0.05, 0.1) is 5.02 Å². The van der Waals surface area contributed by atoms with E-state index in [1.165, 1.54) is 5.56 Å². The molecule has 0 fully saturated rings. The van der Waals surface area contributed by atoms with E-state index in [9.17, 15) is 4.79 Å². The lowest BCUT2D eigenvalue weighted by molar-refractivity contribution is 0.0993. The molecule has 0 N–H and O–H groups in total. The van der Waals surface area contributed by atoms with Gasteiger partial charge in [0.25, 0.3) is 0 Å². The third-order valence-electron chi connectivity index (χ3n) is 5.41. The molecule has 3 aromatic carbocycles. The van der Waals surface area contributed by atoms with E-state index in [0.717, 1.165) is 53.0 Å². The van der Waals surface area contributed by atoms with Crippen molar-refractivity contribution in [2.45, 2.75) is 46.0 Å². The van der Waals surface area contributed by atoms with E-state index in [4.69, 9.17) is 34.8 Å². The van der Waals surface area contributed by atoms with Gasteiger partial charge in [-0.05, 0) is 77.8 Å². The lowest BCUT2D eigenvalue weighted by Gasteiger charge is -2.10. The number of aryl methyl sites for hydroxylation is 4. The minimum atomic E-state index is -0.00266. The Balaban J connectivity index is 1.66. The molecular formula is C26H25Cl3O. The summed E-state index contributed by atoms with van der Waals surface area (Å²) < 4.78 is 0. The number of hydrogen-bond acceptors (Lipinski definition) is 1. The van der Waals surface area contributed by atoms with Gasteiger partial charge in [0, 0.05) is 22.0 Å². The summed E-state index contributed by atoms with van der Waals surface area (Å²) >= 11 is 19.1. The minimum absolute atomic E-state index is 0.00266. The van der Waals surface area contributed by atoms with Gasteiger partial charge in [0.1, 0.15) is 0 Å². The van der Waals surface area contributed by atoms with Crippen molar-refractivity contribution >= 4 is 40.6 Å². The second kappa shape index (κ2) is 10.5. The van der Waals surface area contributed by atoms with Crippen molar-refractivity contribution in [3.8, 4) is 0 Å². The monoisotopic (exact) mass is 458 g/mol. The van der Waals surface area contributed by atoms with Crippen molar-refractivity contribution in [2.75, 3.05) is 0 Å². The molecule has 0 aromatic heterocycles. The first-order valence-electron chi connectivity index (χ1n) is 10.3. The van der Waals surface area contributed by atoms with Crippen LogP contribution in [-0.4, -0.2) is 5.78 Å². The fourth-order valence-electron chi connectivity index (χ4n) is 3.50. The minimum Gasteiger partial charge on any atom is -0.294 e. The Bertz CT molecular complexity index is 1060. The van der Waals surface area contributed by atoms with Crippen LogP contribution in [0.25, 0.3) is 0 Å². The number of rotatable bonds is 8. The van der Waals surface area contributed by atoms with Crippen LogP contribution >= 0.6 is 34.8 Å². The van der Waals surface area contributed by atoms with E-state index in [2.05, 4.69) is 26.0 Å². The molecule has 0 atom stereocenters. The molecule has 0 bridgehead atoms. The van der Waals surface area contributed by atoms with Crippen molar-refractivity contribution in [1.82, 2.24) is 0 Å². The van der Waals surface area contributed by atoms with Crippen LogP contribution < -0.4 is 0 Å². The average Bonchev–Trinajstić information content (AvgIpc) is 2.73. The second-order valence-electron chi connectivity index (χ2n) is 7.47. The van der Waals surface area contributed by atoms with Crippen LogP contribution in [0.4, 0.5) is 0 Å². The number of carbonyl (C=O) groups is 1. The van der Waals surface area contributed by atoms with Crippen molar-refractivity contribution < 1.29 is 4.79 Å². The summed E-state index contributed by atoms with van der Waals surface area (Å²) in [4.78, 5) is 12.7. The van der Waals surface area contributed by atoms with Gasteiger partial charge < -0.3 is 0 Å². The molecule has 0 saturated carbocycles. The number of hydrogen-bond donors (Lipinski definition) is 0. The first-order chi connectivity index (χ1) is 14.4. The maximum atomic E-state index is 12.7. The highest BCUT2D eigenvalue weighted by molar-refractivity contribution is 6.34. The topological polar surface area (TPSA) is 17.1 Å².